The summed E-state index contributed by atoms with van der Waals surface area (Å²) in [6, 6.07) is 9.70. The average Bonchev–Trinajstić information content (AvgIpc) is 2.81. The number of carbonyl (C=O) groups excluding carboxylic acids is 1. The Balaban J connectivity index is 1.71. The second-order valence-corrected chi connectivity index (χ2v) is 3.99. The highest BCUT2D eigenvalue weighted by Crippen LogP contribution is 2.16. The molecule has 1 heterocycles. The van der Waals surface area contributed by atoms with Gasteiger partial charge in [0.2, 0.25) is 0 Å². The SMILES string of the molecule is O=C(CC1CCCO1)OCc1ccccc1. The zero-order valence-electron chi connectivity index (χ0n) is 9.22. The number of hydrogen-bond donors (Lipinski definition) is 0. The zero-order valence-corrected chi connectivity index (χ0v) is 9.22. The van der Waals surface area contributed by atoms with E-state index < -0.39 is 0 Å². The summed E-state index contributed by atoms with van der Waals surface area (Å²) >= 11 is 0. The number of rotatable bonds is 4. The van der Waals surface area contributed by atoms with Gasteiger partial charge in [-0.1, -0.05) is 30.3 Å². The number of carbonyl (C=O) groups is 1. The molecule has 0 saturated carbocycles. The molecule has 1 fully saturated rings. The molecule has 1 aliphatic heterocycles. The van der Waals surface area contributed by atoms with Gasteiger partial charge in [0, 0.05) is 6.61 Å². The van der Waals surface area contributed by atoms with Gasteiger partial charge in [0.1, 0.15) is 6.61 Å². The van der Waals surface area contributed by atoms with Gasteiger partial charge in [-0.2, -0.15) is 0 Å². The first-order chi connectivity index (χ1) is 7.84. The third-order valence-corrected chi connectivity index (χ3v) is 2.66. The highest BCUT2D eigenvalue weighted by molar-refractivity contribution is 5.70. The van der Waals surface area contributed by atoms with E-state index in [0.29, 0.717) is 13.0 Å². The maximum absolute atomic E-state index is 11.5. The molecule has 1 aliphatic rings. The molecule has 0 aromatic heterocycles. The molecule has 1 aromatic carbocycles. The molecule has 2 rings (SSSR count). The molecular formula is C13H16O3. The van der Waals surface area contributed by atoms with Gasteiger partial charge in [-0.05, 0) is 18.4 Å². The minimum atomic E-state index is -0.171. The summed E-state index contributed by atoms with van der Waals surface area (Å²) in [4.78, 5) is 11.5. The van der Waals surface area contributed by atoms with E-state index in [1.165, 1.54) is 0 Å². The first-order valence-electron chi connectivity index (χ1n) is 5.66. The van der Waals surface area contributed by atoms with Gasteiger partial charge in [0.15, 0.2) is 0 Å². The molecule has 0 bridgehead atoms. The molecule has 0 spiro atoms. The molecule has 3 nitrogen and oxygen atoms in total. The second-order valence-electron chi connectivity index (χ2n) is 3.99. The summed E-state index contributed by atoms with van der Waals surface area (Å²) in [5.74, 6) is -0.171. The van der Waals surface area contributed by atoms with Crippen molar-refractivity contribution >= 4 is 5.97 Å². The Hall–Kier alpha value is -1.35. The van der Waals surface area contributed by atoms with Gasteiger partial charge >= 0.3 is 5.97 Å². The highest BCUT2D eigenvalue weighted by Gasteiger charge is 2.19. The molecule has 16 heavy (non-hydrogen) atoms. The lowest BCUT2D eigenvalue weighted by Crippen LogP contribution is -2.14. The van der Waals surface area contributed by atoms with Crippen LogP contribution in [-0.2, 0) is 20.9 Å². The lowest BCUT2D eigenvalue weighted by molar-refractivity contribution is -0.147. The second kappa shape index (κ2) is 5.66. The summed E-state index contributed by atoms with van der Waals surface area (Å²) in [6.07, 6.45) is 2.48. The Morgan fingerprint density at radius 1 is 1.38 bits per heavy atom. The van der Waals surface area contributed by atoms with Crippen LogP contribution in [0.15, 0.2) is 30.3 Å². The van der Waals surface area contributed by atoms with Crippen molar-refractivity contribution in [3.8, 4) is 0 Å². The van der Waals surface area contributed by atoms with Gasteiger partial charge in [-0.15, -0.1) is 0 Å². The molecular weight excluding hydrogens is 204 g/mol. The molecule has 3 heteroatoms. The van der Waals surface area contributed by atoms with Crippen LogP contribution >= 0.6 is 0 Å². The molecule has 0 amide bonds. The molecule has 1 atom stereocenters. The van der Waals surface area contributed by atoms with E-state index in [2.05, 4.69) is 0 Å². The van der Waals surface area contributed by atoms with Crippen LogP contribution in [0.1, 0.15) is 24.8 Å². The first-order valence-corrected chi connectivity index (χ1v) is 5.66. The smallest absolute Gasteiger partial charge is 0.308 e. The van der Waals surface area contributed by atoms with Crippen molar-refractivity contribution < 1.29 is 14.3 Å². The van der Waals surface area contributed by atoms with E-state index in [1.54, 1.807) is 0 Å². The van der Waals surface area contributed by atoms with E-state index in [4.69, 9.17) is 9.47 Å². The highest BCUT2D eigenvalue weighted by atomic mass is 16.5. The van der Waals surface area contributed by atoms with E-state index in [9.17, 15) is 4.79 Å². The summed E-state index contributed by atoms with van der Waals surface area (Å²) in [7, 11) is 0. The van der Waals surface area contributed by atoms with Gasteiger partial charge in [-0.25, -0.2) is 0 Å². The van der Waals surface area contributed by atoms with Crippen molar-refractivity contribution in [1.82, 2.24) is 0 Å². The number of hydrogen-bond acceptors (Lipinski definition) is 3. The minimum Gasteiger partial charge on any atom is -0.461 e. The summed E-state index contributed by atoms with van der Waals surface area (Å²) in [6.45, 7) is 1.13. The van der Waals surface area contributed by atoms with Crippen molar-refractivity contribution in [1.29, 1.82) is 0 Å². The predicted molar refractivity (Wildman–Crippen MR) is 59.8 cm³/mol. The number of esters is 1. The topological polar surface area (TPSA) is 35.5 Å². The van der Waals surface area contributed by atoms with E-state index in [-0.39, 0.29) is 12.1 Å². The maximum atomic E-state index is 11.5. The Labute approximate surface area is 95.4 Å². The Kier molecular flexibility index (Phi) is 3.94. The van der Waals surface area contributed by atoms with Gasteiger partial charge < -0.3 is 9.47 Å². The maximum Gasteiger partial charge on any atom is 0.308 e. The summed E-state index contributed by atoms with van der Waals surface area (Å²) in [5.41, 5.74) is 1.02. The van der Waals surface area contributed by atoms with Crippen molar-refractivity contribution in [3.63, 3.8) is 0 Å². The van der Waals surface area contributed by atoms with Crippen LogP contribution < -0.4 is 0 Å². The molecule has 1 unspecified atom stereocenters. The van der Waals surface area contributed by atoms with Crippen molar-refractivity contribution in [2.75, 3.05) is 6.61 Å². The average molecular weight is 220 g/mol. The molecule has 0 N–H and O–H groups in total. The van der Waals surface area contributed by atoms with Crippen LogP contribution in [0.3, 0.4) is 0 Å². The fourth-order valence-corrected chi connectivity index (χ4v) is 1.79. The van der Waals surface area contributed by atoms with Crippen LogP contribution in [0.4, 0.5) is 0 Å². The Morgan fingerprint density at radius 3 is 2.88 bits per heavy atom. The van der Waals surface area contributed by atoms with E-state index in [1.807, 2.05) is 30.3 Å². The van der Waals surface area contributed by atoms with Crippen molar-refractivity contribution in [3.05, 3.63) is 35.9 Å². The molecule has 1 aromatic rings. The third kappa shape index (κ3) is 3.35. The normalized spacial score (nSPS) is 19.6. The monoisotopic (exact) mass is 220 g/mol. The van der Waals surface area contributed by atoms with E-state index >= 15 is 0 Å². The Morgan fingerprint density at radius 2 is 2.19 bits per heavy atom. The van der Waals surface area contributed by atoms with Crippen molar-refractivity contribution in [2.45, 2.75) is 32.0 Å². The number of benzene rings is 1. The van der Waals surface area contributed by atoms with Gasteiger partial charge in [0.25, 0.3) is 0 Å². The predicted octanol–water partition coefficient (Wildman–Crippen LogP) is 2.30. The molecule has 86 valence electrons. The van der Waals surface area contributed by atoms with Crippen LogP contribution in [-0.4, -0.2) is 18.7 Å². The van der Waals surface area contributed by atoms with Crippen LogP contribution in [0.25, 0.3) is 0 Å². The zero-order chi connectivity index (χ0) is 11.2. The standard InChI is InChI=1S/C13H16O3/c14-13(9-12-7-4-8-15-12)16-10-11-5-2-1-3-6-11/h1-3,5-6,12H,4,7-10H2. The molecule has 0 radical (unpaired) electrons. The van der Waals surface area contributed by atoms with Gasteiger partial charge in [0.05, 0.1) is 12.5 Å². The number of ether oxygens (including phenoxy) is 2. The van der Waals surface area contributed by atoms with Gasteiger partial charge in [-0.3, -0.25) is 4.79 Å². The van der Waals surface area contributed by atoms with Crippen LogP contribution in [0.2, 0.25) is 0 Å². The van der Waals surface area contributed by atoms with Crippen LogP contribution in [0, 0.1) is 0 Å². The quantitative estimate of drug-likeness (QED) is 0.730. The minimum absolute atomic E-state index is 0.0725. The molecule has 0 aliphatic carbocycles. The fourth-order valence-electron chi connectivity index (χ4n) is 1.79. The molecule has 1 saturated heterocycles. The third-order valence-electron chi connectivity index (χ3n) is 2.66. The largest absolute Gasteiger partial charge is 0.461 e. The van der Waals surface area contributed by atoms with E-state index in [0.717, 1.165) is 25.0 Å². The fraction of sp³-hybridized carbons (Fsp3) is 0.462. The van der Waals surface area contributed by atoms with Crippen molar-refractivity contribution in [2.24, 2.45) is 0 Å². The lowest BCUT2D eigenvalue weighted by Gasteiger charge is -2.09. The lowest BCUT2D eigenvalue weighted by atomic mass is 10.2. The summed E-state index contributed by atoms with van der Waals surface area (Å²) in [5, 5.41) is 0. The first kappa shape index (κ1) is 11.1. The Bertz CT molecular complexity index is 328. The summed E-state index contributed by atoms with van der Waals surface area (Å²) < 4.78 is 10.5. The van der Waals surface area contributed by atoms with Crippen LogP contribution in [0.5, 0.6) is 0 Å².